The molecule has 0 saturated carbocycles. The van der Waals surface area contributed by atoms with Crippen molar-refractivity contribution in [2.24, 2.45) is 0 Å². The summed E-state index contributed by atoms with van der Waals surface area (Å²) in [6.45, 7) is -1.75. The van der Waals surface area contributed by atoms with E-state index in [2.05, 4.69) is 0 Å². The summed E-state index contributed by atoms with van der Waals surface area (Å²) in [5, 5.41) is 9.23. The lowest BCUT2D eigenvalue weighted by Crippen LogP contribution is -2.41. The second kappa shape index (κ2) is 5.11. The summed E-state index contributed by atoms with van der Waals surface area (Å²) in [6.07, 6.45) is -3.98. The van der Waals surface area contributed by atoms with Gasteiger partial charge in [0, 0.05) is 0 Å². The number of sulfonamides is 1. The van der Waals surface area contributed by atoms with E-state index in [-0.39, 0.29) is 0 Å². The molecule has 0 aromatic heterocycles. The van der Waals surface area contributed by atoms with Crippen LogP contribution in [0.25, 0.3) is 0 Å². The van der Waals surface area contributed by atoms with Gasteiger partial charge in [-0.2, -0.15) is 8.78 Å². The number of hydrogen-bond donors (Lipinski definition) is 2. The Morgan fingerprint density at radius 2 is 1.83 bits per heavy atom. The quantitative estimate of drug-likeness (QED) is 0.808. The third-order valence-electron chi connectivity index (χ3n) is 1.97. The normalized spacial score (nSPS) is 12.9. The van der Waals surface area contributed by atoms with Gasteiger partial charge in [0.1, 0.15) is 10.6 Å². The third-order valence-corrected chi connectivity index (χ3v) is 3.42. The van der Waals surface area contributed by atoms with Crippen molar-refractivity contribution in [3.8, 4) is 5.75 Å². The third kappa shape index (κ3) is 3.33. The second-order valence-electron chi connectivity index (χ2n) is 3.35. The first-order valence-corrected chi connectivity index (χ1v) is 6.09. The molecule has 0 heterocycles. The van der Waals surface area contributed by atoms with Gasteiger partial charge < -0.3 is 5.11 Å². The number of hydrogen-bond acceptors (Lipinski definition) is 3. The molecule has 1 rings (SSSR count). The molecule has 0 atom stereocenters. The lowest BCUT2D eigenvalue weighted by molar-refractivity contribution is -0.122. The molecular formula is C9H9F4NO3S. The van der Waals surface area contributed by atoms with Crippen LogP contribution in [0.15, 0.2) is 29.2 Å². The Morgan fingerprint density at radius 3 is 2.33 bits per heavy atom. The van der Waals surface area contributed by atoms with Crippen LogP contribution in [0.5, 0.6) is 5.75 Å². The number of rotatable bonds is 5. The highest BCUT2D eigenvalue weighted by Crippen LogP contribution is 2.24. The molecule has 0 spiro atoms. The molecule has 0 fully saturated rings. The summed E-state index contributed by atoms with van der Waals surface area (Å²) in [5.41, 5.74) is 0. The molecule has 4 nitrogen and oxygen atoms in total. The zero-order valence-corrected chi connectivity index (χ0v) is 9.59. The molecule has 0 aliphatic rings. The van der Waals surface area contributed by atoms with Crippen LogP contribution in [0.3, 0.4) is 0 Å². The smallest absolute Gasteiger partial charge is 0.320 e. The summed E-state index contributed by atoms with van der Waals surface area (Å²) in [4.78, 5) is -0.657. The van der Waals surface area contributed by atoms with Crippen LogP contribution < -0.4 is 4.72 Å². The van der Waals surface area contributed by atoms with Crippen molar-refractivity contribution in [2.75, 3.05) is 6.54 Å². The second-order valence-corrected chi connectivity index (χ2v) is 5.09. The van der Waals surface area contributed by atoms with Crippen LogP contribution >= 0.6 is 0 Å². The highest BCUT2D eigenvalue weighted by Gasteiger charge is 2.41. The van der Waals surface area contributed by atoms with Gasteiger partial charge in [-0.15, -0.1) is 0 Å². The predicted molar refractivity (Wildman–Crippen MR) is 54.2 cm³/mol. The molecule has 0 aliphatic carbocycles. The number of halogens is 4. The molecule has 1 aromatic carbocycles. The predicted octanol–water partition coefficient (Wildman–Crippen LogP) is 1.57. The van der Waals surface area contributed by atoms with Crippen molar-refractivity contribution in [1.29, 1.82) is 0 Å². The summed E-state index contributed by atoms with van der Waals surface area (Å²) < 4.78 is 73.0. The minimum Gasteiger partial charge on any atom is -0.507 e. The van der Waals surface area contributed by atoms with Crippen LogP contribution in [-0.4, -0.2) is 32.4 Å². The topological polar surface area (TPSA) is 66.4 Å². The van der Waals surface area contributed by atoms with Gasteiger partial charge in [-0.3, -0.25) is 0 Å². The Labute approximate surface area is 100 Å². The first kappa shape index (κ1) is 14.7. The highest BCUT2D eigenvalue weighted by atomic mass is 32.2. The molecule has 1 aromatic rings. The van der Waals surface area contributed by atoms with Gasteiger partial charge >= 0.3 is 12.3 Å². The van der Waals surface area contributed by atoms with Gasteiger partial charge in [-0.05, 0) is 12.1 Å². The van der Waals surface area contributed by atoms with Gasteiger partial charge in [-0.1, -0.05) is 12.1 Å². The largest absolute Gasteiger partial charge is 0.507 e. The number of nitrogens with one attached hydrogen (secondary N) is 1. The Balaban J connectivity index is 2.88. The fourth-order valence-electron chi connectivity index (χ4n) is 1.03. The molecule has 0 radical (unpaired) electrons. The maximum absolute atomic E-state index is 12.6. The van der Waals surface area contributed by atoms with E-state index >= 15 is 0 Å². The molecule has 0 bridgehead atoms. The highest BCUT2D eigenvalue weighted by molar-refractivity contribution is 7.89. The maximum Gasteiger partial charge on any atom is 0.320 e. The fourth-order valence-corrected chi connectivity index (χ4v) is 2.17. The summed E-state index contributed by atoms with van der Waals surface area (Å²) in [7, 11) is -4.47. The van der Waals surface area contributed by atoms with Gasteiger partial charge in [-0.25, -0.2) is 21.9 Å². The summed E-state index contributed by atoms with van der Waals surface area (Å²) >= 11 is 0. The molecule has 0 aliphatic heterocycles. The maximum atomic E-state index is 12.6. The monoisotopic (exact) mass is 287 g/mol. The van der Waals surface area contributed by atoms with Crippen molar-refractivity contribution < 1.29 is 31.1 Å². The van der Waals surface area contributed by atoms with E-state index in [4.69, 9.17) is 0 Å². The van der Waals surface area contributed by atoms with E-state index in [1.165, 1.54) is 16.9 Å². The molecule has 0 saturated heterocycles. The minimum absolute atomic E-state index is 0.657. The fraction of sp³-hybridized carbons (Fsp3) is 0.333. The number of phenolic OH excluding ortho intramolecular Hbond substituents is 1. The van der Waals surface area contributed by atoms with E-state index in [1.807, 2.05) is 0 Å². The molecule has 0 unspecified atom stereocenters. The van der Waals surface area contributed by atoms with Crippen molar-refractivity contribution in [2.45, 2.75) is 17.2 Å². The first-order chi connectivity index (χ1) is 8.17. The molecule has 18 heavy (non-hydrogen) atoms. The SMILES string of the molecule is O=S(=O)(NCC(F)(F)C(F)F)c1ccccc1O. The van der Waals surface area contributed by atoms with E-state index in [0.29, 0.717) is 0 Å². The van der Waals surface area contributed by atoms with E-state index in [9.17, 15) is 31.1 Å². The number of para-hydroxylation sites is 1. The van der Waals surface area contributed by atoms with E-state index < -0.39 is 39.6 Å². The number of benzene rings is 1. The van der Waals surface area contributed by atoms with Crippen LogP contribution in [0, 0.1) is 0 Å². The van der Waals surface area contributed by atoms with Crippen molar-refractivity contribution in [3.63, 3.8) is 0 Å². The number of alkyl halides is 4. The zero-order valence-electron chi connectivity index (χ0n) is 8.78. The van der Waals surface area contributed by atoms with E-state index in [1.54, 1.807) is 0 Å². The minimum atomic E-state index is -4.47. The summed E-state index contributed by atoms with van der Waals surface area (Å²) in [6, 6.07) is 4.56. The Hall–Kier alpha value is -1.35. The van der Waals surface area contributed by atoms with Crippen LogP contribution in [0.4, 0.5) is 17.6 Å². The van der Waals surface area contributed by atoms with Crippen LogP contribution in [0.2, 0.25) is 0 Å². The lowest BCUT2D eigenvalue weighted by atomic mass is 10.3. The van der Waals surface area contributed by atoms with Crippen molar-refractivity contribution in [3.05, 3.63) is 24.3 Å². The van der Waals surface area contributed by atoms with Crippen molar-refractivity contribution >= 4 is 10.0 Å². The average molecular weight is 287 g/mol. The van der Waals surface area contributed by atoms with Gasteiger partial charge in [0.25, 0.3) is 0 Å². The van der Waals surface area contributed by atoms with Crippen LogP contribution in [0.1, 0.15) is 0 Å². The van der Waals surface area contributed by atoms with E-state index in [0.717, 1.165) is 12.1 Å². The first-order valence-electron chi connectivity index (χ1n) is 4.60. The molecular weight excluding hydrogens is 278 g/mol. The average Bonchev–Trinajstić information content (AvgIpc) is 2.27. The number of phenols is 1. The zero-order chi connectivity index (χ0) is 14.0. The lowest BCUT2D eigenvalue weighted by Gasteiger charge is -2.16. The summed E-state index contributed by atoms with van der Waals surface area (Å²) in [5.74, 6) is -5.14. The molecule has 102 valence electrons. The molecule has 0 amide bonds. The molecule has 9 heteroatoms. The molecule has 2 N–H and O–H groups in total. The van der Waals surface area contributed by atoms with Gasteiger partial charge in [0.05, 0.1) is 6.54 Å². The Morgan fingerprint density at radius 1 is 1.28 bits per heavy atom. The standard InChI is InChI=1S/C9H9F4NO3S/c10-8(11)9(12,13)5-14-18(16,17)7-4-2-1-3-6(7)15/h1-4,8,14-15H,5H2. The Kier molecular flexibility index (Phi) is 4.17. The van der Waals surface area contributed by atoms with Gasteiger partial charge in [0.15, 0.2) is 0 Å². The Bertz CT molecular complexity index is 518. The van der Waals surface area contributed by atoms with Crippen LogP contribution in [-0.2, 0) is 10.0 Å². The van der Waals surface area contributed by atoms with Gasteiger partial charge in [0.2, 0.25) is 10.0 Å². The van der Waals surface area contributed by atoms with Crippen molar-refractivity contribution in [1.82, 2.24) is 4.72 Å². The number of aromatic hydroxyl groups is 1.